The van der Waals surface area contributed by atoms with Crippen molar-refractivity contribution >= 4 is 13.6 Å². The van der Waals surface area contributed by atoms with E-state index in [1.165, 1.54) is 14.2 Å². The summed E-state index contributed by atoms with van der Waals surface area (Å²) in [6.45, 7) is 5.89. The molecule has 0 aliphatic heterocycles. The largest absolute Gasteiger partial charge is 0.462 e. The molecule has 0 saturated heterocycles. The van der Waals surface area contributed by atoms with Crippen LogP contribution in [0.25, 0.3) is 0 Å². The lowest BCUT2D eigenvalue weighted by molar-refractivity contribution is -0.145. The molecule has 0 heterocycles. The van der Waals surface area contributed by atoms with Crippen molar-refractivity contribution in [3.63, 3.8) is 0 Å². The maximum Gasteiger partial charge on any atom is 0.341 e. The van der Waals surface area contributed by atoms with Crippen LogP contribution in [-0.2, 0) is 23.1 Å². The number of esters is 1. The van der Waals surface area contributed by atoms with Crippen molar-refractivity contribution in [1.82, 2.24) is 0 Å². The predicted octanol–water partition coefficient (Wildman–Crippen LogP) is 2.45. The lowest BCUT2D eigenvalue weighted by Gasteiger charge is -2.17. The Balaban J connectivity index is 4.13. The Morgan fingerprint density at radius 1 is 1.19 bits per heavy atom. The molecule has 96 valence electrons. The van der Waals surface area contributed by atoms with E-state index in [0.29, 0.717) is 5.92 Å². The third-order valence-electron chi connectivity index (χ3n) is 2.02. The molecule has 0 spiro atoms. The molecule has 0 rings (SSSR count). The fourth-order valence-electron chi connectivity index (χ4n) is 1.34. The van der Waals surface area contributed by atoms with Gasteiger partial charge in [-0.15, -0.1) is 0 Å². The van der Waals surface area contributed by atoms with Crippen molar-refractivity contribution < 1.29 is 23.1 Å². The van der Waals surface area contributed by atoms with Crippen LogP contribution < -0.4 is 0 Å². The smallest absolute Gasteiger partial charge is 0.341 e. The van der Waals surface area contributed by atoms with Gasteiger partial charge in [-0.25, -0.2) is 0 Å². The second kappa shape index (κ2) is 7.05. The first-order valence-electron chi connectivity index (χ1n) is 5.23. The van der Waals surface area contributed by atoms with E-state index in [2.05, 4.69) is 9.05 Å². The monoisotopic (exact) mass is 252 g/mol. The van der Waals surface area contributed by atoms with Gasteiger partial charge >= 0.3 is 13.6 Å². The molecule has 0 radical (unpaired) electrons. The van der Waals surface area contributed by atoms with Crippen LogP contribution in [0.3, 0.4) is 0 Å². The Morgan fingerprint density at radius 2 is 1.69 bits per heavy atom. The first-order valence-corrected chi connectivity index (χ1v) is 6.95. The molecule has 0 saturated carbocycles. The van der Waals surface area contributed by atoms with Gasteiger partial charge in [-0.05, 0) is 19.3 Å². The van der Waals surface area contributed by atoms with Gasteiger partial charge in [0.25, 0.3) is 0 Å². The van der Waals surface area contributed by atoms with Crippen molar-refractivity contribution in [2.45, 2.75) is 33.3 Å². The average Bonchev–Trinajstić information content (AvgIpc) is 2.15. The van der Waals surface area contributed by atoms with E-state index in [1.54, 1.807) is 0 Å². The quantitative estimate of drug-likeness (QED) is 0.514. The Labute approximate surface area is 97.0 Å². The Kier molecular flexibility index (Phi) is 6.88. The summed E-state index contributed by atoms with van der Waals surface area (Å²) in [6.07, 6.45) is 0.244. The van der Waals surface area contributed by atoms with Gasteiger partial charge < -0.3 is 13.8 Å². The molecule has 16 heavy (non-hydrogen) atoms. The van der Waals surface area contributed by atoms with Crippen LogP contribution in [0.2, 0.25) is 0 Å². The van der Waals surface area contributed by atoms with Crippen molar-refractivity contribution in [3.05, 3.63) is 0 Å². The molecule has 1 atom stereocenters. The Bertz CT molecular complexity index is 256. The Hall–Kier alpha value is -0.380. The van der Waals surface area contributed by atoms with Crippen LogP contribution in [0.1, 0.15) is 27.2 Å². The molecule has 5 nitrogen and oxygen atoms in total. The summed E-state index contributed by atoms with van der Waals surface area (Å²) in [5.41, 5.74) is 0. The molecule has 6 heteroatoms. The normalized spacial score (nSPS) is 13.9. The fourth-order valence-corrected chi connectivity index (χ4v) is 2.13. The van der Waals surface area contributed by atoms with Crippen LogP contribution in [0.4, 0.5) is 0 Å². The molecular weight excluding hydrogens is 231 g/mol. The van der Waals surface area contributed by atoms with Gasteiger partial charge in [-0.3, -0.25) is 9.36 Å². The molecule has 0 N–H and O–H groups in total. The molecule has 0 aromatic rings. The Morgan fingerprint density at radius 3 is 2.06 bits per heavy atom. The van der Waals surface area contributed by atoms with Crippen molar-refractivity contribution in [1.29, 1.82) is 0 Å². The fraction of sp³-hybridized carbons (Fsp3) is 0.900. The van der Waals surface area contributed by atoms with Gasteiger partial charge in [0.05, 0.1) is 6.10 Å². The summed E-state index contributed by atoms with van der Waals surface area (Å²) in [5, 5.41) is 0. The molecular formula is C10H21O5P. The molecule has 0 aliphatic carbocycles. The average molecular weight is 252 g/mol. The van der Waals surface area contributed by atoms with Gasteiger partial charge in [0.15, 0.2) is 0 Å². The summed E-state index contributed by atoms with van der Waals surface area (Å²) in [5.74, 6) is -0.111. The molecule has 1 unspecified atom stereocenters. The first kappa shape index (κ1) is 15.6. The zero-order chi connectivity index (χ0) is 12.8. The summed E-state index contributed by atoms with van der Waals surface area (Å²) >= 11 is 0. The minimum atomic E-state index is -3.30. The van der Waals surface area contributed by atoms with E-state index in [1.807, 2.05) is 20.8 Å². The van der Waals surface area contributed by atoms with Gasteiger partial charge in [0, 0.05) is 14.2 Å². The summed E-state index contributed by atoms with van der Waals surface area (Å²) in [6, 6.07) is 0. The second-order valence-electron chi connectivity index (χ2n) is 4.06. The second-order valence-corrected chi connectivity index (χ2v) is 6.33. The van der Waals surface area contributed by atoms with Gasteiger partial charge in [0.2, 0.25) is 0 Å². The molecule has 0 aromatic heterocycles. The third-order valence-corrected chi connectivity index (χ3v) is 3.77. The van der Waals surface area contributed by atoms with Crippen molar-refractivity contribution in [2.75, 3.05) is 20.4 Å². The van der Waals surface area contributed by atoms with E-state index in [4.69, 9.17) is 4.74 Å². The van der Waals surface area contributed by atoms with Crippen LogP contribution in [-0.4, -0.2) is 32.5 Å². The maximum absolute atomic E-state index is 11.6. The van der Waals surface area contributed by atoms with E-state index >= 15 is 0 Å². The molecule has 0 amide bonds. The maximum atomic E-state index is 11.6. The van der Waals surface area contributed by atoms with Crippen molar-refractivity contribution in [2.24, 2.45) is 5.92 Å². The first-order chi connectivity index (χ1) is 7.33. The minimum absolute atomic E-state index is 0.185. The zero-order valence-corrected chi connectivity index (χ0v) is 11.5. The molecule has 0 bridgehead atoms. The number of carbonyl (C=O) groups excluding carboxylic acids is 1. The SMILES string of the molecule is COP(=O)(CC(=O)OC(C)CC(C)C)OC. The lowest BCUT2D eigenvalue weighted by atomic mass is 10.1. The van der Waals surface area contributed by atoms with E-state index in [0.717, 1.165) is 6.42 Å². The standard InChI is InChI=1S/C10H21O5P/c1-8(2)6-9(3)15-10(11)7-16(12,13-4)14-5/h8-9H,6-7H2,1-5H3. The third kappa shape index (κ3) is 6.26. The van der Waals surface area contributed by atoms with Gasteiger partial charge in [-0.1, -0.05) is 13.8 Å². The van der Waals surface area contributed by atoms with Crippen molar-refractivity contribution in [3.8, 4) is 0 Å². The lowest BCUT2D eigenvalue weighted by Crippen LogP contribution is -2.20. The van der Waals surface area contributed by atoms with E-state index in [-0.39, 0.29) is 12.3 Å². The summed E-state index contributed by atoms with van der Waals surface area (Å²) in [4.78, 5) is 11.4. The number of hydrogen-bond donors (Lipinski definition) is 0. The molecule has 0 aliphatic rings. The van der Waals surface area contributed by atoms with E-state index < -0.39 is 13.6 Å². The van der Waals surface area contributed by atoms with Crippen LogP contribution >= 0.6 is 7.60 Å². The van der Waals surface area contributed by atoms with Gasteiger partial charge in [-0.2, -0.15) is 0 Å². The van der Waals surface area contributed by atoms with Crippen LogP contribution in [0.5, 0.6) is 0 Å². The predicted molar refractivity (Wildman–Crippen MR) is 61.5 cm³/mol. The molecule has 0 fully saturated rings. The van der Waals surface area contributed by atoms with Crippen LogP contribution in [0.15, 0.2) is 0 Å². The van der Waals surface area contributed by atoms with Gasteiger partial charge in [0.1, 0.15) is 6.16 Å². The highest BCUT2D eigenvalue weighted by molar-refractivity contribution is 7.54. The highest BCUT2D eigenvalue weighted by atomic mass is 31.2. The zero-order valence-electron chi connectivity index (χ0n) is 10.6. The highest BCUT2D eigenvalue weighted by Gasteiger charge is 2.27. The van der Waals surface area contributed by atoms with E-state index in [9.17, 15) is 9.36 Å². The summed E-state index contributed by atoms with van der Waals surface area (Å²) in [7, 11) is -0.812. The molecule has 0 aromatic carbocycles. The topological polar surface area (TPSA) is 61.8 Å². The highest BCUT2D eigenvalue weighted by Crippen LogP contribution is 2.46. The number of carbonyl (C=O) groups is 1. The summed E-state index contributed by atoms with van der Waals surface area (Å²) < 4.78 is 26.0. The number of hydrogen-bond acceptors (Lipinski definition) is 5. The number of rotatable bonds is 7. The number of ether oxygens (including phenoxy) is 1. The minimum Gasteiger partial charge on any atom is -0.462 e. The van der Waals surface area contributed by atoms with Crippen LogP contribution in [0, 0.1) is 5.92 Å².